The van der Waals surface area contributed by atoms with Gasteiger partial charge in [-0.2, -0.15) is 0 Å². The largest absolute Gasteiger partial charge is 0.489 e. The van der Waals surface area contributed by atoms with Crippen molar-refractivity contribution >= 4 is 17.7 Å². The number of hydrogen-bond donors (Lipinski definition) is 2. The van der Waals surface area contributed by atoms with E-state index in [1.54, 1.807) is 18.2 Å². The van der Waals surface area contributed by atoms with Crippen LogP contribution in [0.25, 0.3) is 0 Å². The summed E-state index contributed by atoms with van der Waals surface area (Å²) < 4.78 is 5.96. The van der Waals surface area contributed by atoms with Gasteiger partial charge in [0.2, 0.25) is 0 Å². The van der Waals surface area contributed by atoms with Crippen LogP contribution in [0.15, 0.2) is 60.7 Å². The molecule has 0 atom stereocenters. The molecule has 0 aromatic heterocycles. The molecule has 0 heterocycles. The normalized spacial score (nSPS) is 10.5. The van der Waals surface area contributed by atoms with Crippen LogP contribution in [0.3, 0.4) is 0 Å². The van der Waals surface area contributed by atoms with Gasteiger partial charge in [-0.3, -0.25) is 4.79 Å². The van der Waals surface area contributed by atoms with Crippen LogP contribution in [0, 0.1) is 6.92 Å². The average Bonchev–Trinajstić information content (AvgIpc) is 2.73. The lowest BCUT2D eigenvalue weighted by Gasteiger charge is -2.14. The van der Waals surface area contributed by atoms with Crippen LogP contribution in [0.4, 0.5) is 0 Å². The second-order valence-corrected chi connectivity index (χ2v) is 7.25. The Bertz CT molecular complexity index is 1160. The second kappa shape index (κ2) is 9.26. The molecule has 0 saturated carbocycles. The number of carbonyl (C=O) groups is 3. The minimum Gasteiger partial charge on any atom is -0.489 e. The standard InChI is InChI=1S/C25H22O6/c1-15-11-17(16(2)26)9-10-23(15)31-14-21-6-4-3-5-18(21)12-19-7-8-20(24(27)28)13-22(19)25(29)30/h3-11,13H,12,14H2,1-2H3,(H,27,28)(H,29,30). The fraction of sp³-hybridized carbons (Fsp3) is 0.160. The number of Topliss-reactive ketones (excluding diaryl/α,β-unsaturated/α-hetero) is 1. The predicted molar refractivity (Wildman–Crippen MR) is 115 cm³/mol. The van der Waals surface area contributed by atoms with Gasteiger partial charge in [0.1, 0.15) is 12.4 Å². The molecule has 0 aliphatic heterocycles. The average molecular weight is 418 g/mol. The Morgan fingerprint density at radius 2 is 1.48 bits per heavy atom. The Kier molecular flexibility index (Phi) is 6.50. The molecule has 6 heteroatoms. The van der Waals surface area contributed by atoms with Crippen LogP contribution in [0.2, 0.25) is 0 Å². The molecular weight excluding hydrogens is 396 g/mol. The van der Waals surface area contributed by atoms with E-state index in [1.165, 1.54) is 25.1 Å². The number of aromatic carboxylic acids is 2. The summed E-state index contributed by atoms with van der Waals surface area (Å²) in [6.07, 6.45) is 0.323. The molecule has 0 saturated heterocycles. The molecule has 158 valence electrons. The van der Waals surface area contributed by atoms with Crippen LogP contribution in [0.5, 0.6) is 5.75 Å². The molecule has 0 aliphatic rings. The zero-order valence-corrected chi connectivity index (χ0v) is 17.2. The molecule has 0 unspecified atom stereocenters. The molecule has 0 spiro atoms. The van der Waals surface area contributed by atoms with E-state index in [0.717, 1.165) is 16.7 Å². The third-order valence-corrected chi connectivity index (χ3v) is 5.05. The molecule has 3 aromatic carbocycles. The van der Waals surface area contributed by atoms with E-state index < -0.39 is 11.9 Å². The highest BCUT2D eigenvalue weighted by molar-refractivity contribution is 5.95. The summed E-state index contributed by atoms with van der Waals surface area (Å²) in [4.78, 5) is 34.4. The maximum atomic E-state index is 11.7. The van der Waals surface area contributed by atoms with Crippen molar-refractivity contribution in [2.45, 2.75) is 26.9 Å². The molecule has 0 radical (unpaired) electrons. The van der Waals surface area contributed by atoms with Gasteiger partial charge < -0.3 is 14.9 Å². The van der Waals surface area contributed by atoms with E-state index in [9.17, 15) is 19.5 Å². The zero-order valence-electron chi connectivity index (χ0n) is 17.2. The highest BCUT2D eigenvalue weighted by Crippen LogP contribution is 2.23. The maximum absolute atomic E-state index is 11.7. The van der Waals surface area contributed by atoms with Gasteiger partial charge in [-0.15, -0.1) is 0 Å². The second-order valence-electron chi connectivity index (χ2n) is 7.25. The van der Waals surface area contributed by atoms with Crippen LogP contribution >= 0.6 is 0 Å². The van der Waals surface area contributed by atoms with E-state index >= 15 is 0 Å². The Hall–Kier alpha value is -3.93. The van der Waals surface area contributed by atoms with E-state index in [2.05, 4.69) is 0 Å². The van der Waals surface area contributed by atoms with E-state index in [1.807, 2.05) is 31.2 Å². The van der Waals surface area contributed by atoms with Gasteiger partial charge in [0, 0.05) is 5.56 Å². The molecule has 0 aliphatic carbocycles. The van der Waals surface area contributed by atoms with Gasteiger partial charge in [0.15, 0.2) is 5.78 Å². The van der Waals surface area contributed by atoms with Gasteiger partial charge in [-0.05, 0) is 72.9 Å². The van der Waals surface area contributed by atoms with Crippen molar-refractivity contribution in [3.63, 3.8) is 0 Å². The molecular formula is C25H22O6. The molecule has 0 fully saturated rings. The summed E-state index contributed by atoms with van der Waals surface area (Å²) in [7, 11) is 0. The van der Waals surface area contributed by atoms with Gasteiger partial charge in [0.25, 0.3) is 0 Å². The predicted octanol–water partition coefficient (Wildman–Crippen LogP) is 4.76. The van der Waals surface area contributed by atoms with Crippen LogP contribution in [-0.4, -0.2) is 27.9 Å². The first-order valence-electron chi connectivity index (χ1n) is 9.67. The SMILES string of the molecule is CC(=O)c1ccc(OCc2ccccc2Cc2ccc(C(=O)O)cc2C(=O)O)c(C)c1. The van der Waals surface area contributed by atoms with Crippen molar-refractivity contribution in [3.8, 4) is 5.75 Å². The highest BCUT2D eigenvalue weighted by Gasteiger charge is 2.16. The minimum atomic E-state index is -1.17. The van der Waals surface area contributed by atoms with Crippen molar-refractivity contribution in [3.05, 3.63) is 99.6 Å². The highest BCUT2D eigenvalue weighted by atomic mass is 16.5. The Labute approximate surface area is 179 Å². The number of hydrogen-bond acceptors (Lipinski definition) is 4. The summed E-state index contributed by atoms with van der Waals surface area (Å²) >= 11 is 0. The van der Waals surface area contributed by atoms with Gasteiger partial charge in [-0.25, -0.2) is 9.59 Å². The summed E-state index contributed by atoms with van der Waals surface area (Å²) in [5, 5.41) is 18.7. The lowest BCUT2D eigenvalue weighted by atomic mass is 9.95. The lowest BCUT2D eigenvalue weighted by Crippen LogP contribution is -2.08. The zero-order chi connectivity index (χ0) is 22.5. The Balaban J connectivity index is 1.84. The third kappa shape index (κ3) is 5.17. The summed E-state index contributed by atoms with van der Waals surface area (Å²) in [6.45, 7) is 3.66. The van der Waals surface area contributed by atoms with Crippen molar-refractivity contribution < 1.29 is 29.3 Å². The van der Waals surface area contributed by atoms with Gasteiger partial charge >= 0.3 is 11.9 Å². The first kappa shape index (κ1) is 21.8. The Morgan fingerprint density at radius 1 is 0.806 bits per heavy atom. The third-order valence-electron chi connectivity index (χ3n) is 5.05. The van der Waals surface area contributed by atoms with E-state index in [4.69, 9.17) is 9.84 Å². The van der Waals surface area contributed by atoms with Gasteiger partial charge in [0.05, 0.1) is 11.1 Å². The van der Waals surface area contributed by atoms with Crippen molar-refractivity contribution in [1.29, 1.82) is 0 Å². The number of ketones is 1. The van der Waals surface area contributed by atoms with Crippen molar-refractivity contribution in [2.24, 2.45) is 0 Å². The monoisotopic (exact) mass is 418 g/mol. The maximum Gasteiger partial charge on any atom is 0.336 e. The van der Waals surface area contributed by atoms with Crippen molar-refractivity contribution in [1.82, 2.24) is 0 Å². The van der Waals surface area contributed by atoms with E-state index in [0.29, 0.717) is 23.3 Å². The Morgan fingerprint density at radius 3 is 2.10 bits per heavy atom. The van der Waals surface area contributed by atoms with Gasteiger partial charge in [-0.1, -0.05) is 30.3 Å². The first-order chi connectivity index (χ1) is 14.8. The summed E-state index contributed by atoms with van der Waals surface area (Å²) in [6, 6.07) is 16.9. The van der Waals surface area contributed by atoms with Crippen LogP contribution in [0.1, 0.15) is 60.3 Å². The number of benzene rings is 3. The van der Waals surface area contributed by atoms with Crippen molar-refractivity contribution in [2.75, 3.05) is 0 Å². The lowest BCUT2D eigenvalue weighted by molar-refractivity contribution is 0.0695. The van der Waals surface area contributed by atoms with Crippen LogP contribution < -0.4 is 4.74 Å². The fourth-order valence-electron chi connectivity index (χ4n) is 3.32. The number of aryl methyl sites for hydroxylation is 1. The molecule has 2 N–H and O–H groups in total. The van der Waals surface area contributed by atoms with Crippen LogP contribution in [-0.2, 0) is 13.0 Å². The topological polar surface area (TPSA) is 101 Å². The minimum absolute atomic E-state index is 0.0110. The molecule has 0 bridgehead atoms. The molecule has 3 aromatic rings. The number of rotatable bonds is 8. The fourth-order valence-corrected chi connectivity index (χ4v) is 3.32. The molecule has 3 rings (SSSR count). The molecule has 6 nitrogen and oxygen atoms in total. The summed E-state index contributed by atoms with van der Waals surface area (Å²) in [5.74, 6) is -1.69. The number of carbonyl (C=O) groups excluding carboxylic acids is 1. The quantitative estimate of drug-likeness (QED) is 0.511. The number of carboxylic acid groups (broad SMARTS) is 2. The number of carboxylic acids is 2. The molecule has 31 heavy (non-hydrogen) atoms. The summed E-state index contributed by atoms with van der Waals surface area (Å²) in [5.41, 5.74) is 3.65. The molecule has 0 amide bonds. The number of ether oxygens (including phenoxy) is 1. The van der Waals surface area contributed by atoms with E-state index in [-0.39, 0.29) is 23.5 Å². The first-order valence-corrected chi connectivity index (χ1v) is 9.67. The smallest absolute Gasteiger partial charge is 0.336 e.